The Balaban J connectivity index is 0.00000490. The molecule has 62 heavy (non-hydrogen) atoms. The molecule has 6 aromatic rings. The standard InChI is InChI=1S/C52H56B2N6O.Pt/c1-31-17-15-18-32(2)43(31)53-45-39(25-27-57(53)13)55-59-41-29-35(21-23-37(41)49(5,6)51(9,10)47(45)59)61-36-22-24-38-42(30-36)60-48(52(11,12)50(38,7)8)46-40(56-60)26-28-58(14)54(46)44-33(3)19-16-20-34(44)4;/h15-28H,1-14H3;/q-2;+2. The molecule has 10 heteroatoms. The van der Waals surface area contributed by atoms with Crippen molar-refractivity contribution in [3.05, 3.63) is 141 Å². The Hall–Kier alpha value is -5.00. The molecule has 0 spiro atoms. The molecular weight excluding hydrogens is 941 g/mol. The van der Waals surface area contributed by atoms with Crippen molar-refractivity contribution in [3.63, 3.8) is 0 Å². The zero-order chi connectivity index (χ0) is 43.3. The van der Waals surface area contributed by atoms with Gasteiger partial charge in [0.15, 0.2) is 0 Å². The van der Waals surface area contributed by atoms with Crippen molar-refractivity contribution in [1.82, 2.24) is 29.2 Å². The molecule has 6 heterocycles. The third-order valence-corrected chi connectivity index (χ3v) is 15.9. The van der Waals surface area contributed by atoms with E-state index in [9.17, 15) is 0 Å². The normalized spacial score (nSPS) is 18.0. The smallest absolute Gasteiger partial charge is 0.509 e. The molecule has 0 saturated carbocycles. The summed E-state index contributed by atoms with van der Waals surface area (Å²) >= 11 is 0. The molecule has 4 aromatic carbocycles. The molecule has 7 nitrogen and oxygen atoms in total. The van der Waals surface area contributed by atoms with Gasteiger partial charge in [0.1, 0.15) is 0 Å². The van der Waals surface area contributed by atoms with Crippen LogP contribution in [-0.4, -0.2) is 57.0 Å². The van der Waals surface area contributed by atoms with Crippen LogP contribution in [0.25, 0.3) is 23.5 Å². The first kappa shape index (κ1) is 42.3. The van der Waals surface area contributed by atoms with E-state index >= 15 is 0 Å². The monoisotopic (exact) mass is 997 g/mol. The third-order valence-electron chi connectivity index (χ3n) is 15.9. The van der Waals surface area contributed by atoms with Gasteiger partial charge >= 0.3 is 34.8 Å². The second-order valence-corrected chi connectivity index (χ2v) is 20.3. The van der Waals surface area contributed by atoms with Crippen molar-refractivity contribution in [1.29, 1.82) is 0 Å². The van der Waals surface area contributed by atoms with E-state index in [1.165, 1.54) is 66.6 Å². The fourth-order valence-corrected chi connectivity index (χ4v) is 11.1. The SMILES string of the molecule is Cc1cccc(C)c1B1c2c(nn3c2C(C)(C)C(C)(C)c2ccc(Oc4[c-]c5c(cc4)C(C)(C)C(C)(C)c4c6c(nn4-5)C=CN(C)B6c4c(C)cccc4C)[c-]c2-3)C=CN1C.[Pt+2]. The second-order valence-electron chi connectivity index (χ2n) is 20.3. The van der Waals surface area contributed by atoms with Gasteiger partial charge in [-0.3, -0.25) is 9.36 Å². The molecule has 316 valence electrons. The van der Waals surface area contributed by atoms with Crippen LogP contribution in [0.3, 0.4) is 0 Å². The van der Waals surface area contributed by atoms with E-state index < -0.39 is 0 Å². The van der Waals surface area contributed by atoms with E-state index in [-0.39, 0.29) is 56.4 Å². The van der Waals surface area contributed by atoms with Gasteiger partial charge in [-0.2, -0.15) is 22.3 Å². The van der Waals surface area contributed by atoms with Gasteiger partial charge in [-0.25, -0.2) is 0 Å². The van der Waals surface area contributed by atoms with Crippen LogP contribution in [-0.2, 0) is 42.7 Å². The van der Waals surface area contributed by atoms with Gasteiger partial charge in [0.05, 0.1) is 11.4 Å². The van der Waals surface area contributed by atoms with Crippen molar-refractivity contribution in [3.8, 4) is 22.9 Å². The molecular formula is C52H56B2N6OPt. The fourth-order valence-electron chi connectivity index (χ4n) is 11.1. The minimum Gasteiger partial charge on any atom is -0.509 e. The van der Waals surface area contributed by atoms with Gasteiger partial charge < -0.3 is 14.4 Å². The molecule has 2 aromatic heterocycles. The number of nitrogens with zero attached hydrogens (tertiary/aromatic N) is 6. The maximum atomic E-state index is 6.83. The first-order valence-electron chi connectivity index (χ1n) is 21.8. The van der Waals surface area contributed by atoms with Gasteiger partial charge in [0, 0.05) is 33.7 Å². The molecule has 10 rings (SSSR count). The number of aryl methyl sites for hydroxylation is 4. The molecule has 0 saturated heterocycles. The van der Waals surface area contributed by atoms with Gasteiger partial charge in [-0.05, 0) is 110 Å². The van der Waals surface area contributed by atoms with Gasteiger partial charge in [0.25, 0.3) is 0 Å². The Kier molecular flexibility index (Phi) is 9.55. The summed E-state index contributed by atoms with van der Waals surface area (Å²) in [5.41, 5.74) is 18.0. The summed E-state index contributed by atoms with van der Waals surface area (Å²) in [6.45, 7) is 27.9. The van der Waals surface area contributed by atoms with Crippen LogP contribution in [0, 0.1) is 39.8 Å². The molecule has 0 radical (unpaired) electrons. The Bertz CT molecular complexity index is 2680. The first-order valence-corrected chi connectivity index (χ1v) is 21.8. The molecule has 0 aliphatic carbocycles. The zero-order valence-electron chi connectivity index (χ0n) is 38.6. The molecule has 0 atom stereocenters. The van der Waals surface area contributed by atoms with Crippen molar-refractivity contribution >= 4 is 47.7 Å². The predicted molar refractivity (Wildman–Crippen MR) is 252 cm³/mol. The average Bonchev–Trinajstić information content (AvgIpc) is 3.79. The van der Waals surface area contributed by atoms with E-state index in [1.807, 2.05) is 0 Å². The topological polar surface area (TPSA) is 51.4 Å². The van der Waals surface area contributed by atoms with Gasteiger partial charge in [-0.1, -0.05) is 114 Å². The summed E-state index contributed by atoms with van der Waals surface area (Å²) in [5.74, 6) is 1.25. The molecule has 0 amide bonds. The van der Waals surface area contributed by atoms with Gasteiger partial charge in [-0.15, -0.1) is 35.4 Å². The summed E-state index contributed by atoms with van der Waals surface area (Å²) < 4.78 is 11.2. The third kappa shape index (κ3) is 5.61. The van der Waals surface area contributed by atoms with Crippen LogP contribution in [0.15, 0.2) is 73.1 Å². The molecule has 0 fully saturated rings. The van der Waals surface area contributed by atoms with E-state index in [0.717, 1.165) is 22.8 Å². The van der Waals surface area contributed by atoms with Crippen LogP contribution in [0.4, 0.5) is 0 Å². The van der Waals surface area contributed by atoms with E-state index in [4.69, 9.17) is 14.9 Å². The van der Waals surface area contributed by atoms with Crippen molar-refractivity contribution in [2.24, 2.45) is 0 Å². The van der Waals surface area contributed by atoms with Gasteiger partial charge in [0.2, 0.25) is 0 Å². The van der Waals surface area contributed by atoms with Crippen molar-refractivity contribution < 1.29 is 25.8 Å². The first-order chi connectivity index (χ1) is 28.8. The minimum atomic E-state index is -0.258. The fraction of sp³-hybridized carbons (Fsp3) is 0.346. The average molecular weight is 998 g/mol. The van der Waals surface area contributed by atoms with Crippen LogP contribution in [0.5, 0.6) is 11.5 Å². The Morgan fingerprint density at radius 1 is 0.500 bits per heavy atom. The number of fused-ring (bicyclic) bond motifs is 10. The quantitative estimate of drug-likeness (QED) is 0.133. The molecule has 4 aliphatic heterocycles. The zero-order valence-corrected chi connectivity index (χ0v) is 40.9. The molecule has 0 unspecified atom stereocenters. The Labute approximate surface area is 383 Å². The number of aromatic nitrogens is 4. The maximum absolute atomic E-state index is 6.83. The van der Waals surface area contributed by atoms with E-state index in [1.54, 1.807) is 0 Å². The number of hydrogen-bond acceptors (Lipinski definition) is 5. The van der Waals surface area contributed by atoms with Crippen LogP contribution in [0.1, 0.15) is 112 Å². The Morgan fingerprint density at radius 3 is 1.21 bits per heavy atom. The van der Waals surface area contributed by atoms with Crippen molar-refractivity contribution in [2.75, 3.05) is 14.1 Å². The van der Waals surface area contributed by atoms with E-state index in [0.29, 0.717) is 11.5 Å². The van der Waals surface area contributed by atoms with E-state index in [2.05, 4.69) is 214 Å². The van der Waals surface area contributed by atoms with Crippen LogP contribution in [0.2, 0.25) is 0 Å². The van der Waals surface area contributed by atoms with Crippen molar-refractivity contribution in [2.45, 2.75) is 105 Å². The minimum absolute atomic E-state index is 0. The maximum Gasteiger partial charge on any atom is 2.00 e. The van der Waals surface area contributed by atoms with Crippen LogP contribution >= 0.6 is 0 Å². The molecule has 0 bridgehead atoms. The second kappa shape index (κ2) is 14.0. The number of benzene rings is 4. The summed E-state index contributed by atoms with van der Waals surface area (Å²) in [6, 6.07) is 29.3. The number of hydrogen-bond donors (Lipinski definition) is 0. The predicted octanol–water partition coefficient (Wildman–Crippen LogP) is 7.86. The number of ether oxygens (including phenoxy) is 1. The largest absolute Gasteiger partial charge is 2.00 e. The summed E-state index contributed by atoms with van der Waals surface area (Å²) in [4.78, 5) is 4.69. The summed E-state index contributed by atoms with van der Waals surface area (Å²) in [7, 11) is 4.37. The summed E-state index contributed by atoms with van der Waals surface area (Å²) in [6.07, 6.45) is 8.68. The van der Waals surface area contributed by atoms with Crippen LogP contribution < -0.4 is 26.6 Å². The Morgan fingerprint density at radius 2 is 0.855 bits per heavy atom. The molecule has 4 aliphatic rings. The molecule has 0 N–H and O–H groups in total. The number of rotatable bonds is 4. The summed E-state index contributed by atoms with van der Waals surface area (Å²) in [5, 5.41) is 10.8.